The van der Waals surface area contributed by atoms with Crippen molar-refractivity contribution in [1.82, 2.24) is 9.71 Å². The maximum atomic E-state index is 13.0. The van der Waals surface area contributed by atoms with Gasteiger partial charge in [0.2, 0.25) is 5.49 Å². The summed E-state index contributed by atoms with van der Waals surface area (Å²) in [6, 6.07) is 3.71. The van der Waals surface area contributed by atoms with E-state index < -0.39 is 11.4 Å². The van der Waals surface area contributed by atoms with Crippen molar-refractivity contribution in [2.24, 2.45) is 4.99 Å². The molecule has 1 aromatic heterocycles. The van der Waals surface area contributed by atoms with Crippen molar-refractivity contribution < 1.29 is 9.60 Å². The van der Waals surface area contributed by atoms with Gasteiger partial charge in [-0.05, 0) is 19.1 Å². The van der Waals surface area contributed by atoms with Gasteiger partial charge in [0.15, 0.2) is 0 Å². The number of nitrogens with zero attached hydrogens (tertiary/aromatic N) is 2. The van der Waals surface area contributed by atoms with E-state index in [1.807, 2.05) is 0 Å². The summed E-state index contributed by atoms with van der Waals surface area (Å²) in [4.78, 5) is 17.9. The lowest BCUT2D eigenvalue weighted by Gasteiger charge is -2.03. The summed E-state index contributed by atoms with van der Waals surface area (Å²) < 4.78 is 13.6. The number of aromatic amines is 1. The molecule has 0 unspecified atom stereocenters. The van der Waals surface area contributed by atoms with Gasteiger partial charge in [-0.25, -0.2) is 4.39 Å². The monoisotopic (exact) mass is 223 g/mol. The van der Waals surface area contributed by atoms with E-state index in [0.29, 0.717) is 16.8 Å². The lowest BCUT2D eigenvalue weighted by Crippen LogP contribution is -2.37. The Balaban J connectivity index is 2.97. The van der Waals surface area contributed by atoms with Crippen molar-refractivity contribution in [2.45, 2.75) is 6.92 Å². The van der Waals surface area contributed by atoms with Crippen molar-refractivity contribution >= 4 is 11.0 Å². The first-order valence-electron chi connectivity index (χ1n) is 4.78. The molecule has 0 aliphatic heterocycles. The second-order valence-electron chi connectivity index (χ2n) is 3.23. The van der Waals surface area contributed by atoms with Crippen LogP contribution in [0.15, 0.2) is 28.0 Å². The number of halogens is 1. The molecular formula is C10H10FN3O2. The highest BCUT2D eigenvalue weighted by Crippen LogP contribution is 2.08. The molecule has 0 fully saturated rings. The van der Waals surface area contributed by atoms with E-state index in [2.05, 4.69) is 9.98 Å². The Morgan fingerprint density at radius 2 is 2.31 bits per heavy atom. The summed E-state index contributed by atoms with van der Waals surface area (Å²) in [5.74, 6) is -0.496. The van der Waals surface area contributed by atoms with E-state index in [1.54, 1.807) is 6.92 Å². The summed E-state index contributed by atoms with van der Waals surface area (Å²) in [7, 11) is 0. The summed E-state index contributed by atoms with van der Waals surface area (Å²) in [5.41, 5.74) is -0.125. The van der Waals surface area contributed by atoms with Gasteiger partial charge in [-0.3, -0.25) is 9.79 Å². The minimum Gasteiger partial charge on any atom is -0.426 e. The molecule has 84 valence electrons. The van der Waals surface area contributed by atoms with Crippen LogP contribution in [0.2, 0.25) is 0 Å². The zero-order valence-corrected chi connectivity index (χ0v) is 8.57. The zero-order chi connectivity index (χ0) is 11.7. The van der Waals surface area contributed by atoms with Gasteiger partial charge < -0.3 is 10.2 Å². The third kappa shape index (κ3) is 1.58. The molecule has 0 atom stereocenters. The third-order valence-electron chi connectivity index (χ3n) is 2.15. The highest BCUT2D eigenvalue weighted by molar-refractivity contribution is 5.73. The largest absolute Gasteiger partial charge is 0.426 e. The smallest absolute Gasteiger partial charge is 0.294 e. The Kier molecular flexibility index (Phi) is 2.47. The van der Waals surface area contributed by atoms with Crippen LogP contribution in [0.25, 0.3) is 11.0 Å². The van der Waals surface area contributed by atoms with Crippen LogP contribution in [-0.4, -0.2) is 21.5 Å². The number of benzene rings is 1. The first-order chi connectivity index (χ1) is 7.63. The normalized spacial score (nSPS) is 12.2. The fraction of sp³-hybridized carbons (Fsp3) is 0.200. The predicted molar refractivity (Wildman–Crippen MR) is 55.8 cm³/mol. The summed E-state index contributed by atoms with van der Waals surface area (Å²) in [5, 5.41) is 9.72. The lowest BCUT2D eigenvalue weighted by atomic mass is 10.3. The maximum Gasteiger partial charge on any atom is 0.294 e. The van der Waals surface area contributed by atoms with E-state index in [1.165, 1.54) is 12.1 Å². The molecule has 0 aliphatic carbocycles. The van der Waals surface area contributed by atoms with Crippen molar-refractivity contribution in [2.75, 3.05) is 6.54 Å². The van der Waals surface area contributed by atoms with Gasteiger partial charge in [-0.2, -0.15) is 4.73 Å². The number of nitrogens with one attached hydrogen (secondary N) is 1. The third-order valence-corrected chi connectivity index (χ3v) is 2.15. The van der Waals surface area contributed by atoms with Crippen molar-refractivity contribution in [3.63, 3.8) is 0 Å². The van der Waals surface area contributed by atoms with Crippen LogP contribution in [-0.2, 0) is 0 Å². The second-order valence-corrected chi connectivity index (χ2v) is 3.23. The molecule has 2 aromatic rings. The van der Waals surface area contributed by atoms with Crippen molar-refractivity contribution in [1.29, 1.82) is 0 Å². The molecule has 1 heterocycles. The van der Waals surface area contributed by atoms with E-state index >= 15 is 0 Å². The van der Waals surface area contributed by atoms with Crippen LogP contribution in [0.1, 0.15) is 6.92 Å². The SMILES string of the molecule is CCN=c1c(=O)[nH]c2ccc(F)cc2n1O. The highest BCUT2D eigenvalue weighted by Gasteiger charge is 2.05. The van der Waals surface area contributed by atoms with Crippen LogP contribution < -0.4 is 11.0 Å². The van der Waals surface area contributed by atoms with E-state index in [-0.39, 0.29) is 11.0 Å². The zero-order valence-electron chi connectivity index (χ0n) is 8.57. The van der Waals surface area contributed by atoms with Gasteiger partial charge in [0.25, 0.3) is 5.56 Å². The fourth-order valence-electron chi connectivity index (χ4n) is 1.46. The first kappa shape index (κ1) is 10.4. The second kappa shape index (κ2) is 3.80. The molecule has 2 rings (SSSR count). The predicted octanol–water partition coefficient (Wildman–Crippen LogP) is 0.627. The van der Waals surface area contributed by atoms with E-state index in [9.17, 15) is 14.4 Å². The Hall–Kier alpha value is -2.11. The molecule has 0 aliphatic rings. The van der Waals surface area contributed by atoms with Gasteiger partial charge in [0.05, 0.1) is 5.52 Å². The minimum atomic E-state index is -0.511. The maximum absolute atomic E-state index is 13.0. The van der Waals surface area contributed by atoms with Crippen LogP contribution in [0.5, 0.6) is 0 Å². The number of hydrogen-bond donors (Lipinski definition) is 2. The Labute approximate surface area is 89.5 Å². The molecule has 0 spiro atoms. The molecule has 0 saturated carbocycles. The summed E-state index contributed by atoms with van der Waals surface area (Å²) in [6.07, 6.45) is 0. The molecule has 0 bridgehead atoms. The molecule has 0 radical (unpaired) electrons. The Morgan fingerprint density at radius 3 is 3.00 bits per heavy atom. The van der Waals surface area contributed by atoms with Gasteiger partial charge in [-0.15, -0.1) is 0 Å². The molecule has 5 nitrogen and oxygen atoms in total. The molecule has 0 amide bonds. The van der Waals surface area contributed by atoms with Gasteiger partial charge in [0, 0.05) is 12.6 Å². The molecule has 16 heavy (non-hydrogen) atoms. The number of H-pyrrole nitrogens is 1. The van der Waals surface area contributed by atoms with Crippen molar-refractivity contribution in [3.8, 4) is 0 Å². The molecule has 2 N–H and O–H groups in total. The summed E-state index contributed by atoms with van der Waals surface area (Å²) in [6.45, 7) is 2.08. The van der Waals surface area contributed by atoms with Crippen LogP contribution in [0.4, 0.5) is 4.39 Å². The van der Waals surface area contributed by atoms with E-state index in [0.717, 1.165) is 6.07 Å². The van der Waals surface area contributed by atoms with Gasteiger partial charge in [-0.1, -0.05) is 0 Å². The average Bonchev–Trinajstić information content (AvgIpc) is 2.26. The standard InChI is InChI=1S/C10H10FN3O2/c1-2-12-9-10(15)13-7-4-3-6(11)5-8(7)14(9)16/h3-5,16H,2H2,1H3,(H,13,15). The quantitative estimate of drug-likeness (QED) is 0.696. The Bertz CT molecular complexity index is 657. The average molecular weight is 223 g/mol. The molecule has 1 aromatic carbocycles. The first-order valence-corrected chi connectivity index (χ1v) is 4.78. The van der Waals surface area contributed by atoms with Crippen molar-refractivity contribution in [3.05, 3.63) is 39.9 Å². The molecule has 0 saturated heterocycles. The number of fused-ring (bicyclic) bond motifs is 1. The number of rotatable bonds is 1. The highest BCUT2D eigenvalue weighted by atomic mass is 19.1. The minimum absolute atomic E-state index is 0.138. The lowest BCUT2D eigenvalue weighted by molar-refractivity contribution is 0.183. The van der Waals surface area contributed by atoms with Crippen LogP contribution in [0.3, 0.4) is 0 Å². The molecule has 6 heteroatoms. The van der Waals surface area contributed by atoms with Crippen LogP contribution >= 0.6 is 0 Å². The number of aromatic nitrogens is 2. The fourth-order valence-corrected chi connectivity index (χ4v) is 1.46. The van der Waals surface area contributed by atoms with Crippen LogP contribution in [0, 0.1) is 5.82 Å². The van der Waals surface area contributed by atoms with E-state index in [4.69, 9.17) is 0 Å². The van der Waals surface area contributed by atoms with Gasteiger partial charge >= 0.3 is 0 Å². The van der Waals surface area contributed by atoms with Gasteiger partial charge in [0.1, 0.15) is 11.3 Å². The number of hydrogen-bond acceptors (Lipinski definition) is 3. The Morgan fingerprint density at radius 1 is 1.56 bits per heavy atom. The summed E-state index contributed by atoms with van der Waals surface area (Å²) >= 11 is 0. The topological polar surface area (TPSA) is 70.4 Å². The molecular weight excluding hydrogens is 213 g/mol.